The Morgan fingerprint density at radius 3 is 2.38 bits per heavy atom. The van der Waals surface area contributed by atoms with E-state index in [-0.39, 0.29) is 46.0 Å². The Labute approximate surface area is 339 Å². The number of carbonyl (C=O) groups is 1. The highest BCUT2D eigenvalue weighted by molar-refractivity contribution is 7.12. The molecule has 0 spiro atoms. The highest BCUT2D eigenvalue weighted by atomic mass is 32.1. The number of amides is 1. The van der Waals surface area contributed by atoms with Crippen molar-refractivity contribution in [2.24, 2.45) is 17.0 Å². The van der Waals surface area contributed by atoms with Gasteiger partial charge in [0.15, 0.2) is 0 Å². The van der Waals surface area contributed by atoms with Crippen molar-refractivity contribution in [2.45, 2.75) is 45.3 Å². The average molecular weight is 821 g/mol. The molecule has 18 heteroatoms. The number of benzene rings is 2. The predicted octanol–water partition coefficient (Wildman–Crippen LogP) is 5.91. The van der Waals surface area contributed by atoms with Crippen molar-refractivity contribution >= 4 is 58.3 Å². The number of aliphatic imine (C=N–C) groups is 2. The second kappa shape index (κ2) is 15.7. The summed E-state index contributed by atoms with van der Waals surface area (Å²) in [5.74, 6) is -0.978. The van der Waals surface area contributed by atoms with Crippen molar-refractivity contribution < 1.29 is 13.6 Å². The maximum atomic E-state index is 14.8. The van der Waals surface area contributed by atoms with E-state index in [0.29, 0.717) is 52.7 Å². The second-order valence-electron chi connectivity index (χ2n) is 14.3. The van der Waals surface area contributed by atoms with Gasteiger partial charge in [-0.15, -0.1) is 0 Å². The van der Waals surface area contributed by atoms with Crippen LogP contribution in [0.5, 0.6) is 0 Å². The summed E-state index contributed by atoms with van der Waals surface area (Å²) >= 11 is 2.30. The molecule has 0 radical (unpaired) electrons. The first kappa shape index (κ1) is 38.7. The Morgan fingerprint density at radius 2 is 1.66 bits per heavy atom. The molecule has 0 saturated carbocycles. The number of aromatic nitrogens is 6. The summed E-state index contributed by atoms with van der Waals surface area (Å²) in [5.41, 5.74) is 12.1. The van der Waals surface area contributed by atoms with Gasteiger partial charge in [0.05, 0.1) is 56.9 Å². The van der Waals surface area contributed by atoms with E-state index in [1.807, 2.05) is 25.1 Å². The normalized spacial score (nSPS) is 15.1. The second-order valence-corrected chi connectivity index (χ2v) is 16.1. The van der Waals surface area contributed by atoms with E-state index in [4.69, 9.17) is 10.7 Å². The van der Waals surface area contributed by atoms with Crippen LogP contribution in [0.25, 0.3) is 22.6 Å². The number of rotatable bonds is 5. The minimum absolute atomic E-state index is 0.00557. The van der Waals surface area contributed by atoms with Crippen LogP contribution in [0, 0.1) is 18.6 Å². The number of likely N-dealkylation sites (tertiary alicyclic amines) is 1. The minimum Gasteiger partial charge on any atom is -0.368 e. The lowest BCUT2D eigenvalue weighted by Gasteiger charge is -2.39. The molecule has 0 aliphatic carbocycles. The van der Waals surface area contributed by atoms with Gasteiger partial charge in [0, 0.05) is 72.2 Å². The number of nitrogens with zero attached hydrogens (tertiary/aromatic N) is 9. The Bertz CT molecular complexity index is 2660. The summed E-state index contributed by atoms with van der Waals surface area (Å²) in [4.78, 5) is 55.0. The van der Waals surface area contributed by atoms with Gasteiger partial charge in [0.1, 0.15) is 11.6 Å². The van der Waals surface area contributed by atoms with Gasteiger partial charge in [-0.3, -0.25) is 24.1 Å². The first-order chi connectivity index (χ1) is 27.9. The molecule has 3 aliphatic rings. The van der Waals surface area contributed by atoms with Crippen molar-refractivity contribution in [3.05, 3.63) is 114 Å². The lowest BCUT2D eigenvalue weighted by Crippen LogP contribution is -2.51. The van der Waals surface area contributed by atoms with Crippen LogP contribution in [0.2, 0.25) is 0 Å². The van der Waals surface area contributed by atoms with Crippen molar-refractivity contribution in [3.8, 4) is 22.6 Å². The molecule has 4 aromatic heterocycles. The van der Waals surface area contributed by atoms with Crippen molar-refractivity contribution in [2.75, 3.05) is 31.2 Å². The number of hydrogen-bond acceptors (Lipinski definition) is 14. The predicted molar refractivity (Wildman–Crippen MR) is 222 cm³/mol. The van der Waals surface area contributed by atoms with Gasteiger partial charge in [0.25, 0.3) is 5.91 Å². The molecule has 1 fully saturated rings. The molecule has 3 aliphatic heterocycles. The highest BCUT2D eigenvalue weighted by Crippen LogP contribution is 2.35. The molecule has 58 heavy (non-hydrogen) atoms. The van der Waals surface area contributed by atoms with E-state index in [0.717, 1.165) is 63.7 Å². The lowest BCUT2D eigenvalue weighted by molar-refractivity contribution is 0.0662. The molecule has 4 N–H and O–H groups in total. The van der Waals surface area contributed by atoms with Crippen LogP contribution in [-0.4, -0.2) is 77.3 Å². The zero-order valence-corrected chi connectivity index (χ0v) is 33.6. The summed E-state index contributed by atoms with van der Waals surface area (Å²) < 4.78 is 35.3. The Balaban J connectivity index is 0.000000243. The summed E-state index contributed by atoms with van der Waals surface area (Å²) in [6.07, 6.45) is 6.96. The zero-order valence-electron chi connectivity index (χ0n) is 32.0. The zero-order chi connectivity index (χ0) is 40.7. The number of nitrogen functional groups attached to an aromatic ring is 1. The van der Waals surface area contributed by atoms with Gasteiger partial charge in [-0.2, -0.15) is 4.37 Å². The van der Waals surface area contributed by atoms with Crippen LogP contribution in [0.4, 0.5) is 26.4 Å². The molecule has 9 rings (SSSR count). The summed E-state index contributed by atoms with van der Waals surface area (Å²) in [7, 11) is 3.55. The Morgan fingerprint density at radius 1 is 0.948 bits per heavy atom. The smallest absolute Gasteiger partial charge is 0.308 e. The molecule has 7 heterocycles. The fourth-order valence-electron chi connectivity index (χ4n) is 7.02. The average Bonchev–Trinajstić information content (AvgIpc) is 3.59. The van der Waals surface area contributed by atoms with Crippen LogP contribution in [0.3, 0.4) is 0 Å². The molecule has 0 unspecified atom stereocenters. The number of thiazole rings is 1. The minimum atomic E-state index is -0.763. The number of hydrogen-bond donors (Lipinski definition) is 3. The summed E-state index contributed by atoms with van der Waals surface area (Å²) in [6.45, 7) is 6.21. The molecule has 6 aromatic rings. The summed E-state index contributed by atoms with van der Waals surface area (Å²) in [5, 5.41) is 6.51. The van der Waals surface area contributed by atoms with Crippen molar-refractivity contribution in [3.63, 3.8) is 0 Å². The fraction of sp³-hybridized carbons (Fsp3) is 0.275. The van der Waals surface area contributed by atoms with E-state index < -0.39 is 11.6 Å². The molecule has 1 amide bonds. The fourth-order valence-corrected chi connectivity index (χ4v) is 8.80. The maximum absolute atomic E-state index is 14.8. The van der Waals surface area contributed by atoms with Crippen molar-refractivity contribution in [1.29, 1.82) is 0 Å². The van der Waals surface area contributed by atoms with Gasteiger partial charge < -0.3 is 21.3 Å². The van der Waals surface area contributed by atoms with E-state index in [1.54, 1.807) is 43.7 Å². The maximum Gasteiger partial charge on any atom is 0.308 e. The highest BCUT2D eigenvalue weighted by Gasteiger charge is 2.32. The third-order valence-electron chi connectivity index (χ3n) is 10.5. The van der Waals surface area contributed by atoms with Crippen LogP contribution < -0.4 is 21.2 Å². The van der Waals surface area contributed by atoms with Crippen LogP contribution >= 0.6 is 22.9 Å². The molecule has 14 nitrogen and oxygen atoms in total. The number of halogens is 2. The van der Waals surface area contributed by atoms with Gasteiger partial charge in [-0.25, -0.2) is 28.7 Å². The van der Waals surface area contributed by atoms with E-state index in [1.165, 1.54) is 22.2 Å². The third-order valence-corrected chi connectivity index (χ3v) is 12.5. The van der Waals surface area contributed by atoms with Crippen molar-refractivity contribution in [1.82, 2.24) is 39.1 Å². The molecule has 0 atom stereocenters. The van der Waals surface area contributed by atoms with Gasteiger partial charge in [-0.05, 0) is 81.7 Å². The molecular formula is C40H38F2N12O2S2. The van der Waals surface area contributed by atoms with Crippen LogP contribution in [-0.2, 0) is 20.1 Å². The largest absolute Gasteiger partial charge is 0.368 e. The molecule has 1 saturated heterocycles. The first-order valence-corrected chi connectivity index (χ1v) is 20.0. The van der Waals surface area contributed by atoms with Gasteiger partial charge in [0.2, 0.25) is 11.9 Å². The molecule has 296 valence electrons. The lowest BCUT2D eigenvalue weighted by atomic mass is 9.89. The number of piperidine rings is 1. The monoisotopic (exact) mass is 820 g/mol. The van der Waals surface area contributed by atoms with E-state index in [2.05, 4.69) is 46.9 Å². The number of nitrogens with one attached hydrogen (secondary N) is 2. The molecule has 0 bridgehead atoms. The van der Waals surface area contributed by atoms with E-state index >= 15 is 0 Å². The Hall–Kier alpha value is -6.11. The van der Waals surface area contributed by atoms with E-state index in [9.17, 15) is 18.4 Å². The number of anilines is 3. The standard InChI is InChI=1S/C30H29F2N7O2S.C10H9N5S/c1-30(33-2)11-13-39(14-12-30)27(40)17-7-9-19(10-8-17)36-28-35-16-18-15-34-24(22-20(31)5-4-6-21(22)32)26-25(23(18)37-28)38(3)29(41)42-26;1-5-8-7(16-15-5)4-12-2-6-3-13-10(11)14-9(6)8/h4-10,16,33H,11-15H2,1-3H3,(H,35,36,37);3-4H,2H2,1H3,(H2,11,13,14). The topological polar surface area (TPSA) is 182 Å². The molecule has 2 aromatic carbocycles. The van der Waals surface area contributed by atoms with Gasteiger partial charge >= 0.3 is 4.87 Å². The van der Waals surface area contributed by atoms with Gasteiger partial charge in [-0.1, -0.05) is 17.4 Å². The number of fused-ring (bicyclic) bond motifs is 6. The summed E-state index contributed by atoms with van der Waals surface area (Å²) in [6, 6.07) is 10.7. The number of carbonyl (C=O) groups excluding carboxylic acids is 1. The quantitative estimate of drug-likeness (QED) is 0.189. The third kappa shape index (κ3) is 7.41. The van der Waals surface area contributed by atoms with Crippen LogP contribution in [0.1, 0.15) is 62.3 Å². The SMILES string of the molecule is CNC1(C)CCN(C(=O)c2ccc(Nc3ncc4c(n3)-c3c(sc(=O)n3C)C(c3c(F)cccc3F)=NC4)cc2)CC1.Cc1nsc2c1-c1nc(N)ncc1CN=C2. The number of nitrogens with two attached hydrogens (primary N) is 1. The Kier molecular flexibility index (Phi) is 10.5. The van der Waals surface area contributed by atoms with Crippen LogP contribution in [0.15, 0.2) is 69.6 Å². The number of aryl methyl sites for hydroxylation is 1. The molecular weight excluding hydrogens is 783 g/mol. The first-order valence-electron chi connectivity index (χ1n) is 18.4.